The van der Waals surface area contributed by atoms with Gasteiger partial charge in [0.15, 0.2) is 0 Å². The van der Waals surface area contributed by atoms with Gasteiger partial charge < -0.3 is 4.74 Å². The smallest absolute Gasteiger partial charge is 0.231 e. The highest BCUT2D eigenvalue weighted by Crippen LogP contribution is 1.86. The van der Waals surface area contributed by atoms with E-state index in [9.17, 15) is 4.79 Å². The molecule has 51 valence electrons. The van der Waals surface area contributed by atoms with E-state index >= 15 is 0 Å². The van der Waals surface area contributed by atoms with Crippen LogP contribution >= 0.6 is 0 Å². The lowest BCUT2D eigenvalue weighted by atomic mass is 10.4. The van der Waals surface area contributed by atoms with Crippen LogP contribution in [0.5, 0.6) is 0 Å². The summed E-state index contributed by atoms with van der Waals surface area (Å²) in [6.45, 7) is 1.80. The second-order valence-electron chi connectivity index (χ2n) is 1.78. The third kappa shape index (κ3) is 2.09. The molecule has 2 N–H and O–H groups in total. The predicted octanol–water partition coefficient (Wildman–Crippen LogP) is -1.41. The Labute approximate surface area is 53.5 Å². The molecule has 1 rings (SSSR count). The molecule has 0 aromatic rings. The normalized spacial score (nSPS) is 29.1. The highest BCUT2D eigenvalue weighted by atomic mass is 16.5. The van der Waals surface area contributed by atoms with Gasteiger partial charge in [-0.05, 0) is 0 Å². The second-order valence-corrected chi connectivity index (χ2v) is 1.78. The number of ether oxygens (including phenoxy) is 1. The summed E-state index contributed by atoms with van der Waals surface area (Å²) < 4.78 is 5.00. The summed E-state index contributed by atoms with van der Waals surface area (Å²) in [5.41, 5.74) is 5.67. The van der Waals surface area contributed by atoms with Crippen LogP contribution in [0.3, 0.4) is 0 Å². The molecule has 0 saturated carbocycles. The summed E-state index contributed by atoms with van der Waals surface area (Å²) in [6, 6.07) is 0. The lowest BCUT2D eigenvalue weighted by molar-refractivity contribution is 0.115. The Kier molecular flexibility index (Phi) is 2.63. The molecule has 4 nitrogen and oxygen atoms in total. The molecule has 1 radical (unpaired) electrons. The van der Waals surface area contributed by atoms with E-state index in [0.29, 0.717) is 13.2 Å². The maximum atomic E-state index is 9.99. The standard InChI is InChI=1S/C5H9N2O2/c8-4-5-3-7-6-1-2-9-5/h5-7H,1-3H2. The lowest BCUT2D eigenvalue weighted by Gasteiger charge is -2.02. The van der Waals surface area contributed by atoms with Crippen molar-refractivity contribution in [1.82, 2.24) is 10.9 Å². The van der Waals surface area contributed by atoms with Crippen LogP contribution in [0.1, 0.15) is 0 Å². The summed E-state index contributed by atoms with van der Waals surface area (Å²) >= 11 is 0. The first-order chi connectivity index (χ1) is 4.43. The molecule has 1 aliphatic rings. The molecule has 1 atom stereocenters. The van der Waals surface area contributed by atoms with E-state index in [4.69, 9.17) is 4.74 Å². The van der Waals surface area contributed by atoms with Crippen LogP contribution in [0.2, 0.25) is 0 Å². The molecular formula is C5H9N2O2. The van der Waals surface area contributed by atoms with Crippen molar-refractivity contribution in [1.29, 1.82) is 0 Å². The monoisotopic (exact) mass is 129 g/mol. The van der Waals surface area contributed by atoms with Gasteiger partial charge >= 0.3 is 0 Å². The third-order valence-corrected chi connectivity index (χ3v) is 1.09. The third-order valence-electron chi connectivity index (χ3n) is 1.09. The maximum Gasteiger partial charge on any atom is 0.231 e. The molecule has 0 aromatic carbocycles. The largest absolute Gasteiger partial charge is 0.367 e. The van der Waals surface area contributed by atoms with Crippen LogP contribution in [0.15, 0.2) is 0 Å². The van der Waals surface area contributed by atoms with E-state index in [1.54, 1.807) is 6.29 Å². The molecule has 0 aromatic heterocycles. The molecule has 1 unspecified atom stereocenters. The van der Waals surface area contributed by atoms with Crippen molar-refractivity contribution in [3.63, 3.8) is 0 Å². The number of hydrazine groups is 1. The Bertz CT molecular complexity index is 89.0. The zero-order valence-corrected chi connectivity index (χ0v) is 5.02. The number of carbonyl (C=O) groups excluding carboxylic acids is 1. The zero-order chi connectivity index (χ0) is 6.53. The van der Waals surface area contributed by atoms with E-state index in [1.807, 2.05) is 0 Å². The molecule has 0 aliphatic carbocycles. The van der Waals surface area contributed by atoms with Crippen molar-refractivity contribution in [3.05, 3.63) is 0 Å². The van der Waals surface area contributed by atoms with Crippen LogP contribution in [-0.4, -0.2) is 32.1 Å². The average Bonchev–Trinajstić information content (AvgIpc) is 2.13. The molecular weight excluding hydrogens is 120 g/mol. The van der Waals surface area contributed by atoms with Crippen molar-refractivity contribution < 1.29 is 9.53 Å². The van der Waals surface area contributed by atoms with E-state index in [-0.39, 0.29) is 0 Å². The fourth-order valence-corrected chi connectivity index (χ4v) is 0.640. The van der Waals surface area contributed by atoms with Gasteiger partial charge in [0.2, 0.25) is 6.29 Å². The van der Waals surface area contributed by atoms with Crippen LogP contribution in [-0.2, 0) is 9.53 Å². The van der Waals surface area contributed by atoms with E-state index < -0.39 is 6.10 Å². The molecule has 1 fully saturated rings. The molecule has 1 saturated heterocycles. The maximum absolute atomic E-state index is 9.99. The van der Waals surface area contributed by atoms with Gasteiger partial charge in [-0.3, -0.25) is 15.6 Å². The highest BCUT2D eigenvalue weighted by molar-refractivity contribution is 5.57. The fourth-order valence-electron chi connectivity index (χ4n) is 0.640. The first kappa shape index (κ1) is 6.67. The lowest BCUT2D eigenvalue weighted by Crippen LogP contribution is -2.35. The number of rotatable bonds is 1. The highest BCUT2D eigenvalue weighted by Gasteiger charge is 2.09. The Morgan fingerprint density at radius 2 is 2.44 bits per heavy atom. The van der Waals surface area contributed by atoms with Crippen molar-refractivity contribution >= 4 is 6.29 Å². The van der Waals surface area contributed by atoms with Gasteiger partial charge in [0.1, 0.15) is 6.10 Å². The first-order valence-corrected chi connectivity index (χ1v) is 2.88. The van der Waals surface area contributed by atoms with Gasteiger partial charge in [-0.1, -0.05) is 0 Å². The minimum atomic E-state index is -0.403. The van der Waals surface area contributed by atoms with E-state index in [2.05, 4.69) is 10.9 Å². The van der Waals surface area contributed by atoms with Gasteiger partial charge in [-0.25, -0.2) is 0 Å². The number of hydrogen-bond donors (Lipinski definition) is 2. The first-order valence-electron chi connectivity index (χ1n) is 2.88. The van der Waals surface area contributed by atoms with Crippen LogP contribution in [0, 0.1) is 0 Å². The van der Waals surface area contributed by atoms with Crippen LogP contribution < -0.4 is 10.9 Å². The number of nitrogens with one attached hydrogen (secondary N) is 2. The molecule has 4 heteroatoms. The summed E-state index contributed by atoms with van der Waals surface area (Å²) in [4.78, 5) is 9.99. The second kappa shape index (κ2) is 3.55. The van der Waals surface area contributed by atoms with E-state index in [0.717, 1.165) is 6.54 Å². The topological polar surface area (TPSA) is 50.4 Å². The van der Waals surface area contributed by atoms with Gasteiger partial charge in [0, 0.05) is 13.1 Å². The minimum Gasteiger partial charge on any atom is -0.367 e. The van der Waals surface area contributed by atoms with Crippen molar-refractivity contribution in [2.24, 2.45) is 0 Å². The van der Waals surface area contributed by atoms with Crippen molar-refractivity contribution in [2.45, 2.75) is 6.10 Å². The average molecular weight is 129 g/mol. The predicted molar refractivity (Wildman–Crippen MR) is 31.4 cm³/mol. The SMILES string of the molecule is O=[C]C1CNNCCO1. The van der Waals surface area contributed by atoms with Crippen LogP contribution in [0.4, 0.5) is 0 Å². The number of hydrogen-bond acceptors (Lipinski definition) is 4. The quantitative estimate of drug-likeness (QED) is 0.456. The van der Waals surface area contributed by atoms with Gasteiger partial charge in [0.05, 0.1) is 6.61 Å². The minimum absolute atomic E-state index is 0.403. The molecule has 1 heterocycles. The summed E-state index contributed by atoms with van der Waals surface area (Å²) in [6.07, 6.45) is 1.37. The molecule has 1 aliphatic heterocycles. The van der Waals surface area contributed by atoms with Gasteiger partial charge in [-0.15, -0.1) is 0 Å². The summed E-state index contributed by atoms with van der Waals surface area (Å²) in [5, 5.41) is 0. The molecule has 9 heavy (non-hydrogen) atoms. The van der Waals surface area contributed by atoms with Gasteiger partial charge in [0.25, 0.3) is 0 Å². The molecule has 0 spiro atoms. The van der Waals surface area contributed by atoms with Crippen LogP contribution in [0.25, 0.3) is 0 Å². The fraction of sp³-hybridized carbons (Fsp3) is 0.800. The molecule has 0 amide bonds. The van der Waals surface area contributed by atoms with Crippen molar-refractivity contribution in [2.75, 3.05) is 19.7 Å². The Morgan fingerprint density at radius 3 is 3.22 bits per heavy atom. The molecule has 0 bridgehead atoms. The van der Waals surface area contributed by atoms with Crippen molar-refractivity contribution in [3.8, 4) is 0 Å². The summed E-state index contributed by atoms with van der Waals surface area (Å²) in [5.74, 6) is 0. The van der Waals surface area contributed by atoms with Gasteiger partial charge in [-0.2, -0.15) is 0 Å². The summed E-state index contributed by atoms with van der Waals surface area (Å²) in [7, 11) is 0. The van der Waals surface area contributed by atoms with E-state index in [1.165, 1.54) is 0 Å². The Balaban J connectivity index is 2.26. The Morgan fingerprint density at radius 1 is 1.56 bits per heavy atom. The zero-order valence-electron chi connectivity index (χ0n) is 5.02. The Hall–Kier alpha value is -0.450.